The highest BCUT2D eigenvalue weighted by molar-refractivity contribution is 9.10. The molecular formula is C15H23BrN2O. The van der Waals surface area contributed by atoms with Gasteiger partial charge in [0.05, 0.1) is 0 Å². The minimum atomic E-state index is 0.284. The normalized spacial score (nSPS) is 22.4. The number of phenolic OH excluding ortho intramolecular Hbond substituents is 1. The summed E-state index contributed by atoms with van der Waals surface area (Å²) in [5.41, 5.74) is 6.84. The molecule has 1 aromatic carbocycles. The first-order valence-electron chi connectivity index (χ1n) is 7.08. The third-order valence-corrected chi connectivity index (χ3v) is 4.55. The van der Waals surface area contributed by atoms with Crippen molar-refractivity contribution in [2.24, 2.45) is 11.7 Å². The quantitative estimate of drug-likeness (QED) is 0.892. The van der Waals surface area contributed by atoms with Crippen LogP contribution in [0.1, 0.15) is 37.8 Å². The van der Waals surface area contributed by atoms with E-state index < -0.39 is 0 Å². The maximum absolute atomic E-state index is 10.1. The van der Waals surface area contributed by atoms with Crippen molar-refractivity contribution in [3.8, 4) is 5.75 Å². The molecule has 3 N–H and O–H groups in total. The van der Waals surface area contributed by atoms with E-state index in [0.717, 1.165) is 36.1 Å². The molecule has 0 radical (unpaired) electrons. The Balaban J connectivity index is 2.21. The molecule has 1 heterocycles. The molecule has 0 aromatic heterocycles. The second-order valence-corrected chi connectivity index (χ2v) is 6.28. The van der Waals surface area contributed by atoms with E-state index in [9.17, 15) is 5.11 Å². The van der Waals surface area contributed by atoms with Gasteiger partial charge >= 0.3 is 0 Å². The van der Waals surface area contributed by atoms with Crippen molar-refractivity contribution in [3.05, 3.63) is 28.2 Å². The highest BCUT2D eigenvalue weighted by atomic mass is 79.9. The fraction of sp³-hybridized carbons (Fsp3) is 0.600. The van der Waals surface area contributed by atoms with Gasteiger partial charge in [-0.05, 0) is 56.5 Å². The van der Waals surface area contributed by atoms with Gasteiger partial charge in [0.25, 0.3) is 0 Å². The molecule has 0 amide bonds. The van der Waals surface area contributed by atoms with Crippen LogP contribution < -0.4 is 5.73 Å². The lowest BCUT2D eigenvalue weighted by Crippen LogP contribution is -2.40. The SMILES string of the molecule is CCC(c1cc(Br)ccc1O)N1CCCC(CN)C1. The monoisotopic (exact) mass is 326 g/mol. The van der Waals surface area contributed by atoms with Crippen LogP contribution in [0.2, 0.25) is 0 Å². The number of halogens is 1. The van der Waals surface area contributed by atoms with Crippen LogP contribution in [0.5, 0.6) is 5.75 Å². The lowest BCUT2D eigenvalue weighted by atomic mass is 9.93. The van der Waals surface area contributed by atoms with Crippen LogP contribution in [0, 0.1) is 5.92 Å². The Hall–Kier alpha value is -0.580. The molecule has 0 saturated carbocycles. The van der Waals surface area contributed by atoms with Crippen LogP contribution in [0.3, 0.4) is 0 Å². The van der Waals surface area contributed by atoms with Gasteiger partial charge in [-0.25, -0.2) is 0 Å². The second-order valence-electron chi connectivity index (χ2n) is 5.37. The minimum Gasteiger partial charge on any atom is -0.508 e. The van der Waals surface area contributed by atoms with Gasteiger partial charge in [0.1, 0.15) is 5.75 Å². The number of piperidine rings is 1. The summed E-state index contributed by atoms with van der Waals surface area (Å²) in [6, 6.07) is 5.97. The number of nitrogens with two attached hydrogens (primary N) is 1. The molecule has 2 rings (SSSR count). The number of nitrogens with zero attached hydrogens (tertiary/aromatic N) is 1. The first kappa shape index (κ1) is 14.8. The number of aromatic hydroxyl groups is 1. The predicted octanol–water partition coefficient (Wildman–Crippen LogP) is 3.28. The average molecular weight is 327 g/mol. The molecule has 1 aromatic rings. The zero-order chi connectivity index (χ0) is 13.8. The van der Waals surface area contributed by atoms with Crippen molar-refractivity contribution in [1.29, 1.82) is 0 Å². The molecule has 19 heavy (non-hydrogen) atoms. The fourth-order valence-electron chi connectivity index (χ4n) is 3.04. The van der Waals surface area contributed by atoms with E-state index in [4.69, 9.17) is 5.73 Å². The summed E-state index contributed by atoms with van der Waals surface area (Å²) >= 11 is 3.49. The number of hydrogen-bond donors (Lipinski definition) is 2. The maximum Gasteiger partial charge on any atom is 0.120 e. The maximum atomic E-state index is 10.1. The summed E-state index contributed by atoms with van der Waals surface area (Å²) in [5, 5.41) is 10.1. The van der Waals surface area contributed by atoms with Crippen molar-refractivity contribution < 1.29 is 5.11 Å². The lowest BCUT2D eigenvalue weighted by Gasteiger charge is -2.38. The summed E-state index contributed by atoms with van der Waals surface area (Å²) in [6.45, 7) is 5.08. The Kier molecular flexibility index (Phi) is 5.25. The molecule has 106 valence electrons. The molecular weight excluding hydrogens is 304 g/mol. The Morgan fingerprint density at radius 2 is 2.32 bits per heavy atom. The van der Waals surface area contributed by atoms with Crippen LogP contribution in [-0.4, -0.2) is 29.6 Å². The summed E-state index contributed by atoms with van der Waals surface area (Å²) < 4.78 is 1.02. The molecule has 1 aliphatic rings. The highest BCUT2D eigenvalue weighted by Gasteiger charge is 2.26. The summed E-state index contributed by atoms with van der Waals surface area (Å²) in [5.74, 6) is 0.988. The van der Waals surface area contributed by atoms with Gasteiger partial charge in [-0.15, -0.1) is 0 Å². The molecule has 1 fully saturated rings. The van der Waals surface area contributed by atoms with E-state index in [-0.39, 0.29) is 6.04 Å². The van der Waals surface area contributed by atoms with E-state index in [1.807, 2.05) is 12.1 Å². The number of phenols is 1. The average Bonchev–Trinajstić information content (AvgIpc) is 2.44. The van der Waals surface area contributed by atoms with Gasteiger partial charge < -0.3 is 10.8 Å². The standard InChI is InChI=1S/C15H23BrN2O/c1-2-14(13-8-12(16)5-6-15(13)19)18-7-3-4-11(9-17)10-18/h5-6,8,11,14,19H,2-4,7,9-10,17H2,1H3. The molecule has 4 heteroatoms. The fourth-order valence-corrected chi connectivity index (χ4v) is 3.42. The van der Waals surface area contributed by atoms with E-state index in [1.54, 1.807) is 6.07 Å². The van der Waals surface area contributed by atoms with Gasteiger partial charge in [0.2, 0.25) is 0 Å². The van der Waals surface area contributed by atoms with Gasteiger partial charge in [-0.3, -0.25) is 4.90 Å². The van der Waals surface area contributed by atoms with Gasteiger partial charge in [0, 0.05) is 22.6 Å². The zero-order valence-electron chi connectivity index (χ0n) is 11.5. The van der Waals surface area contributed by atoms with E-state index in [1.165, 1.54) is 12.8 Å². The molecule has 0 spiro atoms. The summed E-state index contributed by atoms with van der Waals surface area (Å²) in [6.07, 6.45) is 3.43. The summed E-state index contributed by atoms with van der Waals surface area (Å²) in [7, 11) is 0. The number of hydrogen-bond acceptors (Lipinski definition) is 3. The number of rotatable bonds is 4. The van der Waals surface area contributed by atoms with Crippen molar-refractivity contribution in [2.45, 2.75) is 32.2 Å². The lowest BCUT2D eigenvalue weighted by molar-refractivity contribution is 0.121. The van der Waals surface area contributed by atoms with Crippen LogP contribution in [-0.2, 0) is 0 Å². The van der Waals surface area contributed by atoms with Crippen molar-refractivity contribution in [2.75, 3.05) is 19.6 Å². The van der Waals surface area contributed by atoms with Gasteiger partial charge in [-0.2, -0.15) is 0 Å². The van der Waals surface area contributed by atoms with Crippen molar-refractivity contribution >= 4 is 15.9 Å². The number of likely N-dealkylation sites (tertiary alicyclic amines) is 1. The summed E-state index contributed by atoms with van der Waals surface area (Å²) in [4.78, 5) is 2.47. The van der Waals surface area contributed by atoms with Crippen molar-refractivity contribution in [1.82, 2.24) is 4.90 Å². The van der Waals surface area contributed by atoms with Crippen LogP contribution in [0.25, 0.3) is 0 Å². The Morgan fingerprint density at radius 1 is 1.53 bits per heavy atom. The first-order valence-corrected chi connectivity index (χ1v) is 7.87. The first-order chi connectivity index (χ1) is 9.15. The predicted molar refractivity (Wildman–Crippen MR) is 82.2 cm³/mol. The van der Waals surface area contributed by atoms with Crippen LogP contribution >= 0.6 is 15.9 Å². The van der Waals surface area contributed by atoms with E-state index >= 15 is 0 Å². The molecule has 2 atom stereocenters. The Bertz CT molecular complexity index is 425. The second kappa shape index (κ2) is 6.73. The topological polar surface area (TPSA) is 49.5 Å². The smallest absolute Gasteiger partial charge is 0.120 e. The van der Waals surface area contributed by atoms with Crippen LogP contribution in [0.4, 0.5) is 0 Å². The van der Waals surface area contributed by atoms with E-state index in [0.29, 0.717) is 11.7 Å². The van der Waals surface area contributed by atoms with Crippen molar-refractivity contribution in [3.63, 3.8) is 0 Å². The molecule has 1 saturated heterocycles. The molecule has 0 aliphatic carbocycles. The zero-order valence-corrected chi connectivity index (χ0v) is 13.1. The molecule has 1 aliphatic heterocycles. The van der Waals surface area contributed by atoms with Gasteiger partial charge in [-0.1, -0.05) is 22.9 Å². The minimum absolute atomic E-state index is 0.284. The van der Waals surface area contributed by atoms with Gasteiger partial charge in [0.15, 0.2) is 0 Å². The Labute approximate surface area is 123 Å². The largest absolute Gasteiger partial charge is 0.508 e. The number of benzene rings is 1. The third-order valence-electron chi connectivity index (χ3n) is 4.06. The molecule has 2 unspecified atom stereocenters. The third kappa shape index (κ3) is 3.50. The van der Waals surface area contributed by atoms with Crippen LogP contribution in [0.15, 0.2) is 22.7 Å². The van der Waals surface area contributed by atoms with E-state index in [2.05, 4.69) is 27.8 Å². The Morgan fingerprint density at radius 3 is 3.00 bits per heavy atom. The highest BCUT2D eigenvalue weighted by Crippen LogP contribution is 2.35. The molecule has 3 nitrogen and oxygen atoms in total. The molecule has 0 bridgehead atoms.